The lowest BCUT2D eigenvalue weighted by Gasteiger charge is -2.04. The first-order chi connectivity index (χ1) is 4.04. The minimum absolute atomic E-state index is 0.0926. The van der Waals surface area contributed by atoms with Crippen molar-refractivity contribution in [3.8, 4) is 0 Å². The van der Waals surface area contributed by atoms with E-state index in [4.69, 9.17) is 10.8 Å². The summed E-state index contributed by atoms with van der Waals surface area (Å²) in [5.74, 6) is -0.0926. The Hall–Kier alpha value is -0.410. The summed E-state index contributed by atoms with van der Waals surface area (Å²) in [5.41, 5.74) is 5.22. The van der Waals surface area contributed by atoms with E-state index in [9.17, 15) is 4.79 Å². The fourth-order valence-electron chi connectivity index (χ4n) is 0.477. The molecule has 0 fully saturated rings. The van der Waals surface area contributed by atoms with Crippen molar-refractivity contribution in [2.24, 2.45) is 5.73 Å². The van der Waals surface area contributed by atoms with Gasteiger partial charge in [0.05, 0.1) is 12.1 Å². The van der Waals surface area contributed by atoms with E-state index in [1.165, 1.54) is 0 Å². The van der Waals surface area contributed by atoms with Crippen molar-refractivity contribution in [1.82, 2.24) is 0 Å². The molecule has 0 aliphatic rings. The summed E-state index contributed by atoms with van der Waals surface area (Å²) in [5, 5.41) is 8.70. The summed E-state index contributed by atoms with van der Waals surface area (Å²) < 4.78 is 0. The first kappa shape index (κ1) is 8.59. The third kappa shape index (κ3) is 4.12. The second kappa shape index (κ2) is 3.58. The fourth-order valence-corrected chi connectivity index (χ4v) is 0.477. The summed E-state index contributed by atoms with van der Waals surface area (Å²) >= 11 is 0. The van der Waals surface area contributed by atoms with E-state index in [1.807, 2.05) is 0 Å². The molecule has 0 saturated heterocycles. The average molecular weight is 131 g/mol. The molecule has 0 aromatic rings. The zero-order chi connectivity index (χ0) is 7.44. The SMILES string of the molecule is CC(O)CC(=O)[C@H](C)N. The Bertz CT molecular complexity index is 99.2. The van der Waals surface area contributed by atoms with Crippen LogP contribution in [0.1, 0.15) is 20.3 Å². The maximum absolute atomic E-state index is 10.7. The van der Waals surface area contributed by atoms with Crippen molar-refractivity contribution >= 4 is 5.78 Å². The van der Waals surface area contributed by atoms with Crippen molar-refractivity contribution in [2.75, 3.05) is 0 Å². The monoisotopic (exact) mass is 131 g/mol. The summed E-state index contributed by atoms with van der Waals surface area (Å²) in [4.78, 5) is 10.7. The van der Waals surface area contributed by atoms with Gasteiger partial charge in [-0.25, -0.2) is 0 Å². The van der Waals surface area contributed by atoms with E-state index in [2.05, 4.69) is 0 Å². The van der Waals surface area contributed by atoms with E-state index in [-0.39, 0.29) is 12.2 Å². The van der Waals surface area contributed by atoms with Gasteiger partial charge in [0, 0.05) is 6.42 Å². The van der Waals surface area contributed by atoms with Crippen LogP contribution >= 0.6 is 0 Å². The highest BCUT2D eigenvalue weighted by Gasteiger charge is 2.09. The predicted molar refractivity (Wildman–Crippen MR) is 35.0 cm³/mol. The Morgan fingerprint density at radius 1 is 1.67 bits per heavy atom. The second-order valence-corrected chi connectivity index (χ2v) is 2.31. The van der Waals surface area contributed by atoms with E-state index in [0.29, 0.717) is 0 Å². The largest absolute Gasteiger partial charge is 0.393 e. The highest BCUT2D eigenvalue weighted by atomic mass is 16.3. The minimum atomic E-state index is -0.566. The van der Waals surface area contributed by atoms with Crippen LogP contribution in [0.3, 0.4) is 0 Å². The number of aliphatic hydroxyl groups excluding tert-OH is 1. The van der Waals surface area contributed by atoms with Crippen LogP contribution < -0.4 is 5.73 Å². The molecule has 1 unspecified atom stereocenters. The molecular formula is C6H13NO2. The topological polar surface area (TPSA) is 63.3 Å². The molecule has 54 valence electrons. The Morgan fingerprint density at radius 3 is 2.22 bits per heavy atom. The molecule has 0 aliphatic carbocycles. The molecule has 0 aliphatic heterocycles. The Morgan fingerprint density at radius 2 is 2.11 bits per heavy atom. The van der Waals surface area contributed by atoms with Crippen molar-refractivity contribution in [1.29, 1.82) is 0 Å². The molecule has 3 N–H and O–H groups in total. The fraction of sp³-hybridized carbons (Fsp3) is 0.833. The third-order valence-electron chi connectivity index (χ3n) is 1.00. The Labute approximate surface area is 54.9 Å². The van der Waals surface area contributed by atoms with Gasteiger partial charge >= 0.3 is 0 Å². The average Bonchev–Trinajstić information content (AvgIpc) is 1.63. The molecule has 3 nitrogen and oxygen atoms in total. The Kier molecular flexibility index (Phi) is 3.42. The molecule has 3 heteroatoms. The highest BCUT2D eigenvalue weighted by Crippen LogP contribution is 1.93. The van der Waals surface area contributed by atoms with Crippen molar-refractivity contribution in [2.45, 2.75) is 32.4 Å². The molecule has 0 saturated carbocycles. The van der Waals surface area contributed by atoms with Gasteiger partial charge in [-0.3, -0.25) is 4.79 Å². The first-order valence-electron chi connectivity index (χ1n) is 3.00. The molecule has 0 radical (unpaired) electrons. The van der Waals surface area contributed by atoms with Gasteiger partial charge in [-0.2, -0.15) is 0 Å². The number of carbonyl (C=O) groups excluding carboxylic acids is 1. The van der Waals surface area contributed by atoms with Gasteiger partial charge in [0.15, 0.2) is 5.78 Å². The molecule has 9 heavy (non-hydrogen) atoms. The van der Waals surface area contributed by atoms with Crippen LogP contribution in [0.15, 0.2) is 0 Å². The number of ketones is 1. The standard InChI is InChI=1S/C6H13NO2/c1-4(8)3-6(9)5(2)7/h4-5,8H,3,7H2,1-2H3/t4?,5-/m0/s1. The normalized spacial score (nSPS) is 16.9. The lowest BCUT2D eigenvalue weighted by Crippen LogP contribution is -2.28. The smallest absolute Gasteiger partial charge is 0.151 e. The number of nitrogens with two attached hydrogens (primary N) is 1. The quantitative estimate of drug-likeness (QED) is 0.551. The number of rotatable bonds is 3. The molecule has 0 heterocycles. The number of hydrogen-bond acceptors (Lipinski definition) is 3. The van der Waals surface area contributed by atoms with Crippen LogP contribution in [0.4, 0.5) is 0 Å². The van der Waals surface area contributed by atoms with Crippen molar-refractivity contribution in [3.63, 3.8) is 0 Å². The molecular weight excluding hydrogens is 118 g/mol. The number of Topliss-reactive ketones (excluding diaryl/α,β-unsaturated/α-hetero) is 1. The van der Waals surface area contributed by atoms with Crippen LogP contribution in [0.25, 0.3) is 0 Å². The van der Waals surface area contributed by atoms with Gasteiger partial charge in [0.2, 0.25) is 0 Å². The summed E-state index contributed by atoms with van der Waals surface area (Å²) in [6.45, 7) is 3.19. The van der Waals surface area contributed by atoms with Crippen LogP contribution in [-0.4, -0.2) is 23.0 Å². The summed E-state index contributed by atoms with van der Waals surface area (Å²) in [6, 6.07) is -0.445. The molecule has 0 aromatic carbocycles. The van der Waals surface area contributed by atoms with E-state index < -0.39 is 12.1 Å². The predicted octanol–water partition coefficient (Wildman–Crippen LogP) is -0.326. The van der Waals surface area contributed by atoms with Crippen LogP contribution in [0, 0.1) is 0 Å². The van der Waals surface area contributed by atoms with Crippen molar-refractivity contribution < 1.29 is 9.90 Å². The lowest BCUT2D eigenvalue weighted by atomic mass is 10.1. The van der Waals surface area contributed by atoms with Gasteiger partial charge in [-0.15, -0.1) is 0 Å². The van der Waals surface area contributed by atoms with Crippen LogP contribution in [0.5, 0.6) is 0 Å². The zero-order valence-electron chi connectivity index (χ0n) is 5.79. The lowest BCUT2D eigenvalue weighted by molar-refractivity contribution is -0.121. The van der Waals surface area contributed by atoms with Gasteiger partial charge in [0.1, 0.15) is 0 Å². The number of aliphatic hydroxyl groups is 1. The maximum Gasteiger partial charge on any atom is 0.151 e. The first-order valence-corrected chi connectivity index (χ1v) is 3.00. The molecule has 0 amide bonds. The van der Waals surface area contributed by atoms with E-state index >= 15 is 0 Å². The van der Waals surface area contributed by atoms with Gasteiger partial charge < -0.3 is 10.8 Å². The van der Waals surface area contributed by atoms with Gasteiger partial charge in [0.25, 0.3) is 0 Å². The molecule has 0 bridgehead atoms. The van der Waals surface area contributed by atoms with Gasteiger partial charge in [-0.05, 0) is 13.8 Å². The Balaban J connectivity index is 3.51. The number of hydrogen-bond donors (Lipinski definition) is 2. The molecule has 0 rings (SSSR count). The minimum Gasteiger partial charge on any atom is -0.393 e. The van der Waals surface area contributed by atoms with Crippen molar-refractivity contribution in [3.05, 3.63) is 0 Å². The van der Waals surface area contributed by atoms with E-state index in [0.717, 1.165) is 0 Å². The molecule has 0 spiro atoms. The zero-order valence-corrected chi connectivity index (χ0v) is 5.79. The third-order valence-corrected chi connectivity index (χ3v) is 1.00. The summed E-state index contributed by atoms with van der Waals surface area (Å²) in [7, 11) is 0. The molecule has 2 atom stereocenters. The maximum atomic E-state index is 10.7. The molecule has 0 aromatic heterocycles. The van der Waals surface area contributed by atoms with Crippen LogP contribution in [-0.2, 0) is 4.79 Å². The van der Waals surface area contributed by atoms with E-state index in [1.54, 1.807) is 13.8 Å². The highest BCUT2D eigenvalue weighted by molar-refractivity contribution is 5.83. The van der Waals surface area contributed by atoms with Crippen LogP contribution in [0.2, 0.25) is 0 Å². The second-order valence-electron chi connectivity index (χ2n) is 2.31. The summed E-state index contributed by atoms with van der Waals surface area (Å²) in [6.07, 6.45) is -0.402. The van der Waals surface area contributed by atoms with Gasteiger partial charge in [-0.1, -0.05) is 0 Å². The number of carbonyl (C=O) groups is 1.